The zero-order valence-corrected chi connectivity index (χ0v) is 12.6. The van der Waals surface area contributed by atoms with Crippen molar-refractivity contribution < 1.29 is 9.53 Å². The van der Waals surface area contributed by atoms with Crippen LogP contribution in [0.1, 0.15) is 59.3 Å². The van der Waals surface area contributed by atoms with Crippen LogP contribution < -0.4 is 5.73 Å². The van der Waals surface area contributed by atoms with Gasteiger partial charge in [-0.3, -0.25) is 0 Å². The molecule has 4 heteroatoms. The molecule has 2 fully saturated rings. The Balaban J connectivity index is 1.84. The van der Waals surface area contributed by atoms with E-state index in [1.54, 1.807) is 0 Å². The third-order valence-electron chi connectivity index (χ3n) is 4.49. The molecule has 0 atom stereocenters. The molecule has 0 aromatic carbocycles. The number of amides is 1. The Morgan fingerprint density at radius 2 is 1.74 bits per heavy atom. The molecule has 1 amide bonds. The third kappa shape index (κ3) is 3.62. The highest BCUT2D eigenvalue weighted by atomic mass is 16.6. The maximum Gasteiger partial charge on any atom is 0.410 e. The maximum atomic E-state index is 12.0. The molecule has 1 saturated heterocycles. The van der Waals surface area contributed by atoms with E-state index in [-0.39, 0.29) is 11.6 Å². The Bertz CT molecular complexity index is 322. The number of nitrogens with two attached hydrogens (primary N) is 1. The van der Waals surface area contributed by atoms with Gasteiger partial charge in [0.25, 0.3) is 0 Å². The third-order valence-corrected chi connectivity index (χ3v) is 4.49. The van der Waals surface area contributed by atoms with Crippen molar-refractivity contribution >= 4 is 6.09 Å². The molecule has 0 radical (unpaired) electrons. The predicted molar refractivity (Wildman–Crippen MR) is 75.9 cm³/mol. The van der Waals surface area contributed by atoms with Crippen LogP contribution in [0.25, 0.3) is 0 Å². The minimum absolute atomic E-state index is 0.0417. The molecule has 0 spiro atoms. The SMILES string of the molecule is CC(C)(C)OC(=O)N1CCC(C2(N)CCCC2)CC1. The quantitative estimate of drug-likeness (QED) is 0.795. The number of rotatable bonds is 1. The van der Waals surface area contributed by atoms with Gasteiger partial charge < -0.3 is 15.4 Å². The van der Waals surface area contributed by atoms with Gasteiger partial charge in [-0.1, -0.05) is 12.8 Å². The molecule has 1 heterocycles. The Hall–Kier alpha value is -0.770. The average molecular weight is 268 g/mol. The lowest BCUT2D eigenvalue weighted by Gasteiger charge is -2.40. The molecule has 1 saturated carbocycles. The van der Waals surface area contributed by atoms with Crippen LogP contribution in [-0.4, -0.2) is 35.2 Å². The topological polar surface area (TPSA) is 55.6 Å². The average Bonchev–Trinajstić information content (AvgIpc) is 2.75. The van der Waals surface area contributed by atoms with Gasteiger partial charge in [-0.25, -0.2) is 4.79 Å². The van der Waals surface area contributed by atoms with Gasteiger partial charge in [-0.2, -0.15) is 0 Å². The first-order chi connectivity index (χ1) is 8.80. The standard InChI is InChI=1S/C15H28N2O2/c1-14(2,3)19-13(18)17-10-6-12(7-11-17)15(16)8-4-5-9-15/h12H,4-11,16H2,1-3H3. The van der Waals surface area contributed by atoms with E-state index in [4.69, 9.17) is 10.5 Å². The van der Waals surface area contributed by atoms with E-state index in [0.29, 0.717) is 5.92 Å². The number of hydrogen-bond acceptors (Lipinski definition) is 3. The van der Waals surface area contributed by atoms with Crippen LogP contribution in [0.5, 0.6) is 0 Å². The van der Waals surface area contributed by atoms with E-state index < -0.39 is 5.60 Å². The van der Waals surface area contributed by atoms with Crippen LogP contribution >= 0.6 is 0 Å². The molecule has 0 unspecified atom stereocenters. The zero-order chi connectivity index (χ0) is 14.1. The van der Waals surface area contributed by atoms with Gasteiger partial charge >= 0.3 is 6.09 Å². The summed E-state index contributed by atoms with van der Waals surface area (Å²) in [6.45, 7) is 7.30. The van der Waals surface area contributed by atoms with Gasteiger partial charge in [0.2, 0.25) is 0 Å². The summed E-state index contributed by atoms with van der Waals surface area (Å²) in [6.07, 6.45) is 6.72. The lowest BCUT2D eigenvalue weighted by Crippen LogP contribution is -2.51. The van der Waals surface area contributed by atoms with Gasteiger partial charge in [0.1, 0.15) is 5.60 Å². The summed E-state index contributed by atoms with van der Waals surface area (Å²) >= 11 is 0. The second kappa shape index (κ2) is 5.31. The largest absolute Gasteiger partial charge is 0.444 e. The van der Waals surface area contributed by atoms with Gasteiger partial charge in [-0.15, -0.1) is 0 Å². The number of carbonyl (C=O) groups excluding carboxylic acids is 1. The summed E-state index contributed by atoms with van der Waals surface area (Å²) in [5, 5.41) is 0. The van der Waals surface area contributed by atoms with Crippen LogP contribution in [0.3, 0.4) is 0 Å². The minimum atomic E-state index is -0.408. The number of piperidine rings is 1. The molecule has 2 N–H and O–H groups in total. The number of carbonyl (C=O) groups is 1. The molecule has 110 valence electrons. The van der Waals surface area contributed by atoms with E-state index >= 15 is 0 Å². The molecule has 4 nitrogen and oxygen atoms in total. The predicted octanol–water partition coefficient (Wildman–Crippen LogP) is 2.91. The second-order valence-electron chi connectivity index (χ2n) is 7.18. The minimum Gasteiger partial charge on any atom is -0.444 e. The molecule has 0 aromatic heterocycles. The van der Waals surface area contributed by atoms with E-state index in [9.17, 15) is 4.79 Å². The Morgan fingerprint density at radius 3 is 2.21 bits per heavy atom. The van der Waals surface area contributed by atoms with Crippen molar-refractivity contribution in [1.82, 2.24) is 4.90 Å². The van der Waals surface area contributed by atoms with Crippen molar-refractivity contribution in [2.24, 2.45) is 11.7 Å². The van der Waals surface area contributed by atoms with Crippen molar-refractivity contribution in [3.05, 3.63) is 0 Å². The van der Waals surface area contributed by atoms with Crippen LogP contribution in [0.2, 0.25) is 0 Å². The molecular weight excluding hydrogens is 240 g/mol. The summed E-state index contributed by atoms with van der Waals surface area (Å²) in [6, 6.07) is 0. The molecular formula is C15H28N2O2. The summed E-state index contributed by atoms with van der Waals surface area (Å²) in [4.78, 5) is 13.8. The van der Waals surface area contributed by atoms with Crippen molar-refractivity contribution in [3.63, 3.8) is 0 Å². The van der Waals surface area contributed by atoms with Crippen molar-refractivity contribution in [2.75, 3.05) is 13.1 Å². The summed E-state index contributed by atoms with van der Waals surface area (Å²) in [5.74, 6) is 0.577. The first kappa shape index (κ1) is 14.6. The first-order valence-electron chi connectivity index (χ1n) is 7.57. The lowest BCUT2D eigenvalue weighted by atomic mass is 9.77. The summed E-state index contributed by atoms with van der Waals surface area (Å²) in [5.41, 5.74) is 6.16. The fourth-order valence-electron chi connectivity index (χ4n) is 3.40. The molecule has 0 aromatic rings. The highest BCUT2D eigenvalue weighted by Crippen LogP contribution is 2.38. The van der Waals surface area contributed by atoms with E-state index in [1.807, 2.05) is 25.7 Å². The van der Waals surface area contributed by atoms with Gasteiger partial charge in [-0.05, 0) is 52.4 Å². The van der Waals surface area contributed by atoms with E-state index in [1.165, 1.54) is 12.8 Å². The van der Waals surface area contributed by atoms with Crippen LogP contribution in [0, 0.1) is 5.92 Å². The number of ether oxygens (including phenoxy) is 1. The molecule has 1 aliphatic carbocycles. The highest BCUT2D eigenvalue weighted by Gasteiger charge is 2.40. The fourth-order valence-corrected chi connectivity index (χ4v) is 3.40. The highest BCUT2D eigenvalue weighted by molar-refractivity contribution is 5.68. The van der Waals surface area contributed by atoms with Gasteiger partial charge in [0.05, 0.1) is 0 Å². The first-order valence-corrected chi connectivity index (χ1v) is 7.57. The Morgan fingerprint density at radius 1 is 1.21 bits per heavy atom. The monoisotopic (exact) mass is 268 g/mol. The number of nitrogens with zero attached hydrogens (tertiary/aromatic N) is 1. The van der Waals surface area contributed by atoms with Crippen molar-refractivity contribution in [1.29, 1.82) is 0 Å². The Kier molecular flexibility index (Phi) is 4.09. The molecule has 19 heavy (non-hydrogen) atoms. The van der Waals surface area contributed by atoms with Crippen LogP contribution in [0.15, 0.2) is 0 Å². The molecule has 1 aliphatic heterocycles. The lowest BCUT2D eigenvalue weighted by molar-refractivity contribution is 0.0148. The van der Waals surface area contributed by atoms with E-state index in [2.05, 4.69) is 0 Å². The van der Waals surface area contributed by atoms with Crippen molar-refractivity contribution in [3.8, 4) is 0 Å². The number of likely N-dealkylation sites (tertiary alicyclic amines) is 1. The summed E-state index contributed by atoms with van der Waals surface area (Å²) < 4.78 is 5.42. The van der Waals surface area contributed by atoms with Gasteiger partial charge in [0.15, 0.2) is 0 Å². The molecule has 2 rings (SSSR count). The van der Waals surface area contributed by atoms with Gasteiger partial charge in [0, 0.05) is 18.6 Å². The Labute approximate surface area is 116 Å². The number of hydrogen-bond donors (Lipinski definition) is 1. The van der Waals surface area contributed by atoms with E-state index in [0.717, 1.165) is 38.8 Å². The van der Waals surface area contributed by atoms with Crippen molar-refractivity contribution in [2.45, 2.75) is 70.4 Å². The maximum absolute atomic E-state index is 12.0. The fraction of sp³-hybridized carbons (Fsp3) is 0.933. The molecule has 2 aliphatic rings. The normalized spacial score (nSPS) is 24.5. The van der Waals surface area contributed by atoms with Crippen LogP contribution in [0.4, 0.5) is 4.79 Å². The second-order valence-corrected chi connectivity index (χ2v) is 7.18. The summed E-state index contributed by atoms with van der Waals surface area (Å²) in [7, 11) is 0. The zero-order valence-electron chi connectivity index (χ0n) is 12.6. The smallest absolute Gasteiger partial charge is 0.410 e. The van der Waals surface area contributed by atoms with Crippen LogP contribution in [-0.2, 0) is 4.74 Å². The molecule has 0 bridgehead atoms.